The van der Waals surface area contributed by atoms with Gasteiger partial charge in [0.15, 0.2) is 11.5 Å². The number of fused-ring (bicyclic) bond motifs is 2. The summed E-state index contributed by atoms with van der Waals surface area (Å²) in [5.74, 6) is 1.42. The van der Waals surface area contributed by atoms with Crippen LogP contribution in [-0.4, -0.2) is 29.3 Å². The lowest BCUT2D eigenvalue weighted by molar-refractivity contribution is 0.174. The van der Waals surface area contributed by atoms with Gasteiger partial charge < -0.3 is 14.5 Å². The van der Waals surface area contributed by atoms with Crippen LogP contribution in [-0.2, 0) is 6.54 Å². The van der Waals surface area contributed by atoms with Crippen molar-refractivity contribution in [2.24, 2.45) is 0 Å². The number of H-pyrrole nitrogens is 1. The number of nitrogens with zero attached hydrogens (tertiary/aromatic N) is 1. The Hall–Kier alpha value is -2.27. The smallest absolute Gasteiger partial charge is 0.252 e. The van der Waals surface area contributed by atoms with Crippen molar-refractivity contribution in [2.45, 2.75) is 25.9 Å². The Morgan fingerprint density at radius 3 is 2.91 bits per heavy atom. The molecule has 0 aliphatic carbocycles. The van der Waals surface area contributed by atoms with E-state index in [2.05, 4.69) is 29.0 Å². The first-order chi connectivity index (χ1) is 10.7. The van der Waals surface area contributed by atoms with Crippen molar-refractivity contribution in [2.75, 3.05) is 13.3 Å². The molecule has 5 heteroatoms. The summed E-state index contributed by atoms with van der Waals surface area (Å²) in [6, 6.07) is 6.14. The molecule has 1 aromatic carbocycles. The largest absolute Gasteiger partial charge is 0.454 e. The molecule has 22 heavy (non-hydrogen) atoms. The van der Waals surface area contributed by atoms with Gasteiger partial charge in [-0.3, -0.25) is 9.69 Å². The van der Waals surface area contributed by atoms with Crippen molar-refractivity contribution >= 4 is 10.9 Å². The van der Waals surface area contributed by atoms with E-state index in [4.69, 9.17) is 9.47 Å². The molecule has 4 rings (SSSR count). The molecule has 0 saturated heterocycles. The molecular weight excluding hydrogens is 280 g/mol. The van der Waals surface area contributed by atoms with Crippen LogP contribution in [0, 0.1) is 0 Å². The van der Waals surface area contributed by atoms with Crippen LogP contribution in [0.2, 0.25) is 0 Å². The Balaban J connectivity index is 1.71. The maximum Gasteiger partial charge on any atom is 0.252 e. The summed E-state index contributed by atoms with van der Waals surface area (Å²) in [7, 11) is 0. The summed E-state index contributed by atoms with van der Waals surface area (Å²) in [5.41, 5.74) is 1.53. The number of ether oxygens (including phenoxy) is 2. The minimum Gasteiger partial charge on any atom is -0.454 e. The highest BCUT2D eigenvalue weighted by molar-refractivity contribution is 5.83. The molecule has 5 nitrogen and oxygen atoms in total. The topological polar surface area (TPSA) is 54.6 Å². The summed E-state index contributed by atoms with van der Waals surface area (Å²) in [6.07, 6.45) is 5.44. The highest BCUT2D eigenvalue weighted by Crippen LogP contribution is 2.35. The fourth-order valence-corrected chi connectivity index (χ4v) is 3.16. The van der Waals surface area contributed by atoms with Gasteiger partial charge >= 0.3 is 0 Å². The molecule has 0 saturated carbocycles. The molecule has 0 fully saturated rings. The average molecular weight is 298 g/mol. The van der Waals surface area contributed by atoms with Gasteiger partial charge in [-0.25, -0.2) is 0 Å². The molecule has 0 spiro atoms. The quantitative estimate of drug-likeness (QED) is 0.884. The standard InChI is InChI=1S/C17H18N2O3/c1-2-13-4-3-5-19(13)9-12-6-11-7-15-16(22-10-21-15)8-14(11)18-17(12)20/h3-4,6-8,13H,2,5,9-10H2,1H3,(H,18,20). The van der Waals surface area contributed by atoms with E-state index in [9.17, 15) is 4.79 Å². The van der Waals surface area contributed by atoms with Crippen LogP contribution in [0.3, 0.4) is 0 Å². The minimum atomic E-state index is -0.0341. The second kappa shape index (κ2) is 5.18. The van der Waals surface area contributed by atoms with Crippen LogP contribution in [0.1, 0.15) is 18.9 Å². The highest BCUT2D eigenvalue weighted by atomic mass is 16.7. The van der Waals surface area contributed by atoms with E-state index in [-0.39, 0.29) is 12.4 Å². The van der Waals surface area contributed by atoms with Crippen molar-refractivity contribution in [1.29, 1.82) is 0 Å². The number of hydrogen-bond acceptors (Lipinski definition) is 4. The van der Waals surface area contributed by atoms with Crippen LogP contribution < -0.4 is 15.0 Å². The van der Waals surface area contributed by atoms with Crippen molar-refractivity contribution < 1.29 is 9.47 Å². The summed E-state index contributed by atoms with van der Waals surface area (Å²) < 4.78 is 10.8. The molecule has 0 bridgehead atoms. The summed E-state index contributed by atoms with van der Waals surface area (Å²) in [4.78, 5) is 17.6. The number of nitrogens with one attached hydrogen (secondary N) is 1. The number of aromatic amines is 1. The zero-order valence-electron chi connectivity index (χ0n) is 12.5. The molecule has 1 atom stereocenters. The highest BCUT2D eigenvalue weighted by Gasteiger charge is 2.20. The maximum absolute atomic E-state index is 12.3. The van der Waals surface area contributed by atoms with Crippen LogP contribution in [0.5, 0.6) is 11.5 Å². The maximum atomic E-state index is 12.3. The summed E-state index contributed by atoms with van der Waals surface area (Å²) in [5, 5.41) is 0.971. The first kappa shape index (κ1) is 13.4. The van der Waals surface area contributed by atoms with E-state index in [1.54, 1.807) is 0 Å². The molecule has 0 radical (unpaired) electrons. The number of benzene rings is 1. The van der Waals surface area contributed by atoms with Crippen molar-refractivity contribution in [3.8, 4) is 11.5 Å². The monoisotopic (exact) mass is 298 g/mol. The van der Waals surface area contributed by atoms with Gasteiger partial charge in [0.25, 0.3) is 5.56 Å². The van der Waals surface area contributed by atoms with Gasteiger partial charge in [-0.1, -0.05) is 19.1 Å². The number of pyridine rings is 1. The summed E-state index contributed by atoms with van der Waals surface area (Å²) >= 11 is 0. The third-order valence-corrected chi connectivity index (χ3v) is 4.37. The van der Waals surface area contributed by atoms with Gasteiger partial charge in [0, 0.05) is 36.1 Å². The number of aromatic nitrogens is 1. The molecular formula is C17H18N2O3. The van der Waals surface area contributed by atoms with E-state index < -0.39 is 0 Å². The predicted molar refractivity (Wildman–Crippen MR) is 84.3 cm³/mol. The molecule has 2 aromatic rings. The zero-order chi connectivity index (χ0) is 15.1. The minimum absolute atomic E-state index is 0.0341. The summed E-state index contributed by atoms with van der Waals surface area (Å²) in [6.45, 7) is 3.96. The van der Waals surface area contributed by atoms with Gasteiger partial charge in [0.1, 0.15) is 0 Å². The van der Waals surface area contributed by atoms with Crippen LogP contribution in [0.15, 0.2) is 35.1 Å². The van der Waals surface area contributed by atoms with Gasteiger partial charge in [-0.15, -0.1) is 0 Å². The van der Waals surface area contributed by atoms with Gasteiger partial charge in [0.2, 0.25) is 6.79 Å². The Morgan fingerprint density at radius 2 is 2.09 bits per heavy atom. The van der Waals surface area contributed by atoms with Crippen molar-refractivity contribution in [1.82, 2.24) is 9.88 Å². The van der Waals surface area contributed by atoms with Gasteiger partial charge in [-0.2, -0.15) is 0 Å². The Labute approximate surface area is 128 Å². The molecule has 1 unspecified atom stereocenters. The van der Waals surface area contributed by atoms with Crippen LogP contribution in [0.25, 0.3) is 10.9 Å². The first-order valence-corrected chi connectivity index (χ1v) is 7.61. The number of hydrogen-bond donors (Lipinski definition) is 1. The second-order valence-electron chi connectivity index (χ2n) is 5.75. The van der Waals surface area contributed by atoms with Crippen molar-refractivity contribution in [3.05, 3.63) is 46.3 Å². The Morgan fingerprint density at radius 1 is 1.27 bits per heavy atom. The Kier molecular flexibility index (Phi) is 3.15. The van der Waals surface area contributed by atoms with Crippen LogP contribution >= 0.6 is 0 Å². The lowest BCUT2D eigenvalue weighted by atomic mass is 10.1. The van der Waals surface area contributed by atoms with Gasteiger partial charge in [-0.05, 0) is 18.6 Å². The first-order valence-electron chi connectivity index (χ1n) is 7.61. The molecule has 114 valence electrons. The predicted octanol–water partition coefficient (Wildman–Crippen LogP) is 2.41. The third-order valence-electron chi connectivity index (χ3n) is 4.37. The SMILES string of the molecule is CCC1C=CCN1Cc1cc2cc3c(cc2[nH]c1=O)OCO3. The van der Waals surface area contributed by atoms with Gasteiger partial charge in [0.05, 0.1) is 5.52 Å². The van der Waals surface area contributed by atoms with E-state index in [0.717, 1.165) is 35.2 Å². The fraction of sp³-hybridized carbons (Fsp3) is 0.353. The molecule has 0 amide bonds. The molecule has 3 heterocycles. The molecule has 2 aliphatic heterocycles. The normalized spacial score (nSPS) is 20.1. The van der Waals surface area contributed by atoms with E-state index in [0.29, 0.717) is 18.3 Å². The van der Waals surface area contributed by atoms with E-state index >= 15 is 0 Å². The lowest BCUT2D eigenvalue weighted by Gasteiger charge is -2.22. The Bertz CT molecular complexity index is 809. The third kappa shape index (κ3) is 2.18. The van der Waals surface area contributed by atoms with Crippen molar-refractivity contribution in [3.63, 3.8) is 0 Å². The van der Waals surface area contributed by atoms with E-state index in [1.807, 2.05) is 18.2 Å². The van der Waals surface area contributed by atoms with Crippen LogP contribution in [0.4, 0.5) is 0 Å². The number of rotatable bonds is 3. The van der Waals surface area contributed by atoms with E-state index in [1.165, 1.54) is 0 Å². The molecule has 2 aliphatic rings. The second-order valence-corrected chi connectivity index (χ2v) is 5.75. The zero-order valence-corrected chi connectivity index (χ0v) is 12.5. The lowest BCUT2D eigenvalue weighted by Crippen LogP contribution is -2.31. The molecule has 1 aromatic heterocycles. The molecule has 1 N–H and O–H groups in total. The fourth-order valence-electron chi connectivity index (χ4n) is 3.16. The average Bonchev–Trinajstić information content (AvgIpc) is 3.14.